The quantitative estimate of drug-likeness (QED) is 0.252. The summed E-state index contributed by atoms with van der Waals surface area (Å²) in [4.78, 5) is 21.1. The van der Waals surface area contributed by atoms with Crippen molar-refractivity contribution in [2.75, 3.05) is 12.9 Å². The molecule has 29 heavy (non-hydrogen) atoms. The first-order chi connectivity index (χ1) is 14.1. The molecule has 0 radical (unpaired) electrons. The van der Waals surface area contributed by atoms with Crippen LogP contribution in [-0.4, -0.2) is 43.6 Å². The molecule has 2 aromatic heterocycles. The van der Waals surface area contributed by atoms with Crippen molar-refractivity contribution in [2.24, 2.45) is 0 Å². The largest absolute Gasteiger partial charge is 0.497 e. The average Bonchev–Trinajstić information content (AvgIpc) is 3.17. The van der Waals surface area contributed by atoms with Crippen LogP contribution in [0.15, 0.2) is 59.9 Å². The Morgan fingerprint density at radius 2 is 1.86 bits per heavy atom. The van der Waals surface area contributed by atoms with Gasteiger partial charge in [0.05, 0.1) is 19.4 Å². The first kappa shape index (κ1) is 19.4. The number of methoxy groups -OCH3 is 1. The van der Waals surface area contributed by atoms with E-state index in [1.165, 1.54) is 18.1 Å². The summed E-state index contributed by atoms with van der Waals surface area (Å²) < 4.78 is 6.82. The van der Waals surface area contributed by atoms with E-state index in [4.69, 9.17) is 16.3 Å². The summed E-state index contributed by atoms with van der Waals surface area (Å²) in [5.41, 5.74) is 2.85. The number of carbonyl (C=O) groups excluding carboxylic acids is 1. The normalized spacial score (nSPS) is 11.0. The van der Waals surface area contributed by atoms with Gasteiger partial charge in [0.25, 0.3) is 0 Å². The number of Topliss-reactive ketones (excluding diaryl/α,β-unsaturated/α-hetero) is 1. The second kappa shape index (κ2) is 8.59. The van der Waals surface area contributed by atoms with Crippen LogP contribution in [-0.2, 0) is 6.54 Å². The van der Waals surface area contributed by atoms with E-state index in [2.05, 4.69) is 20.3 Å². The van der Waals surface area contributed by atoms with E-state index in [0.717, 1.165) is 5.56 Å². The number of hydrogen-bond donors (Lipinski definition) is 0. The number of carbonyl (C=O) groups is 1. The predicted molar refractivity (Wildman–Crippen MR) is 112 cm³/mol. The molecule has 0 unspecified atom stereocenters. The summed E-state index contributed by atoms with van der Waals surface area (Å²) in [6.45, 7) is 0.513. The van der Waals surface area contributed by atoms with E-state index in [0.29, 0.717) is 39.1 Å². The van der Waals surface area contributed by atoms with E-state index in [1.54, 1.807) is 36.1 Å². The molecule has 0 saturated heterocycles. The van der Waals surface area contributed by atoms with E-state index < -0.39 is 0 Å². The maximum Gasteiger partial charge on any atom is 0.183 e. The third-order valence-corrected chi connectivity index (χ3v) is 5.49. The molecule has 0 aliphatic carbocycles. The molecule has 0 bridgehead atoms. The van der Waals surface area contributed by atoms with Gasteiger partial charge in [0.1, 0.15) is 17.1 Å². The average molecular weight is 426 g/mol. The van der Waals surface area contributed by atoms with Gasteiger partial charge < -0.3 is 4.74 Å². The fourth-order valence-corrected chi connectivity index (χ4v) is 3.69. The molecule has 0 N–H and O–H groups in total. The Morgan fingerprint density at radius 1 is 1.10 bits per heavy atom. The molecule has 0 amide bonds. The lowest BCUT2D eigenvalue weighted by Gasteiger charge is -2.04. The molecule has 0 saturated carbocycles. The fraction of sp³-hybridized carbons (Fsp3) is 0.150. The van der Waals surface area contributed by atoms with Crippen LogP contribution in [0, 0.1) is 0 Å². The Bertz CT molecular complexity index is 1150. The van der Waals surface area contributed by atoms with Crippen molar-refractivity contribution in [1.29, 1.82) is 0 Å². The molecule has 4 rings (SSSR count). The number of ketones is 1. The van der Waals surface area contributed by atoms with Gasteiger partial charge in [-0.2, -0.15) is 0 Å². The second-order valence-electron chi connectivity index (χ2n) is 6.16. The van der Waals surface area contributed by atoms with Gasteiger partial charge >= 0.3 is 0 Å². The van der Waals surface area contributed by atoms with Gasteiger partial charge in [0.2, 0.25) is 0 Å². The summed E-state index contributed by atoms with van der Waals surface area (Å²) in [6.07, 6.45) is 1.46. The van der Waals surface area contributed by atoms with E-state index >= 15 is 0 Å². The zero-order valence-electron chi connectivity index (χ0n) is 15.4. The van der Waals surface area contributed by atoms with Gasteiger partial charge in [-0.15, -0.1) is 5.10 Å². The van der Waals surface area contributed by atoms with Gasteiger partial charge in [-0.1, -0.05) is 40.7 Å². The van der Waals surface area contributed by atoms with Crippen LogP contribution in [0.3, 0.4) is 0 Å². The van der Waals surface area contributed by atoms with Gasteiger partial charge in [-0.25, -0.2) is 14.6 Å². The smallest absolute Gasteiger partial charge is 0.183 e. The maximum atomic E-state index is 12.5. The van der Waals surface area contributed by atoms with E-state index in [1.807, 2.05) is 24.3 Å². The minimum atomic E-state index is -0.00188. The zero-order valence-corrected chi connectivity index (χ0v) is 17.0. The van der Waals surface area contributed by atoms with Crippen LogP contribution in [0.2, 0.25) is 5.02 Å². The van der Waals surface area contributed by atoms with Gasteiger partial charge in [0.15, 0.2) is 16.9 Å². The van der Waals surface area contributed by atoms with Crippen LogP contribution in [0.1, 0.15) is 15.9 Å². The number of benzene rings is 2. The molecule has 4 aromatic rings. The number of nitrogens with zero attached hydrogens (tertiary/aromatic N) is 5. The van der Waals surface area contributed by atoms with Crippen molar-refractivity contribution in [2.45, 2.75) is 11.6 Å². The van der Waals surface area contributed by atoms with Crippen molar-refractivity contribution in [3.63, 3.8) is 0 Å². The van der Waals surface area contributed by atoms with Crippen molar-refractivity contribution in [3.05, 3.63) is 71.0 Å². The molecule has 2 heterocycles. The Hall–Kier alpha value is -2.97. The summed E-state index contributed by atoms with van der Waals surface area (Å²) in [5, 5.41) is 9.72. The molecule has 7 nitrogen and oxygen atoms in total. The first-order valence-electron chi connectivity index (χ1n) is 8.73. The zero-order chi connectivity index (χ0) is 20.2. The van der Waals surface area contributed by atoms with Crippen molar-refractivity contribution >= 4 is 40.3 Å². The molecule has 0 aliphatic heterocycles. The number of ether oxygens (including phenoxy) is 1. The highest BCUT2D eigenvalue weighted by Gasteiger charge is 2.15. The molecule has 0 atom stereocenters. The lowest BCUT2D eigenvalue weighted by atomic mass is 10.1. The molecule has 0 aliphatic rings. The van der Waals surface area contributed by atoms with Crippen LogP contribution in [0.5, 0.6) is 5.75 Å². The fourth-order valence-electron chi connectivity index (χ4n) is 2.74. The van der Waals surface area contributed by atoms with Crippen molar-refractivity contribution < 1.29 is 9.53 Å². The van der Waals surface area contributed by atoms with Crippen LogP contribution < -0.4 is 4.74 Å². The number of halogens is 1. The van der Waals surface area contributed by atoms with Gasteiger partial charge in [0, 0.05) is 10.6 Å². The third-order valence-electron chi connectivity index (χ3n) is 4.26. The van der Waals surface area contributed by atoms with Crippen molar-refractivity contribution in [3.8, 4) is 5.75 Å². The number of hydrogen-bond acceptors (Lipinski definition) is 7. The van der Waals surface area contributed by atoms with Gasteiger partial charge in [-0.05, 0) is 42.0 Å². The maximum absolute atomic E-state index is 12.5. The standard InChI is InChI=1S/C20H16ClN5O2S/c1-28-16-8-4-14(5-9-16)17(27)11-29-20-18-19(22-12-23-20)26(25-24-18)10-13-2-6-15(21)7-3-13/h2-9,12H,10-11H2,1H3. The number of thioether (sulfide) groups is 1. The molecule has 146 valence electrons. The molecule has 0 spiro atoms. The Kier molecular flexibility index (Phi) is 5.73. The third kappa shape index (κ3) is 4.38. The highest BCUT2D eigenvalue weighted by atomic mass is 35.5. The summed E-state index contributed by atoms with van der Waals surface area (Å²) >= 11 is 7.26. The monoisotopic (exact) mass is 425 g/mol. The SMILES string of the molecule is COc1ccc(C(=O)CSc2ncnc3c2nnn3Cc2ccc(Cl)cc2)cc1. The number of rotatable bonds is 7. The second-order valence-corrected chi connectivity index (χ2v) is 7.57. The van der Waals surface area contributed by atoms with Crippen LogP contribution in [0.25, 0.3) is 11.2 Å². The van der Waals surface area contributed by atoms with Crippen LogP contribution >= 0.6 is 23.4 Å². The van der Waals surface area contributed by atoms with Crippen LogP contribution in [0.4, 0.5) is 0 Å². The molecule has 9 heteroatoms. The Balaban J connectivity index is 1.50. The molecular weight excluding hydrogens is 410 g/mol. The minimum Gasteiger partial charge on any atom is -0.497 e. The van der Waals surface area contributed by atoms with Crippen molar-refractivity contribution in [1.82, 2.24) is 25.0 Å². The Labute approximate surface area is 176 Å². The molecule has 2 aromatic carbocycles. The lowest BCUT2D eigenvalue weighted by molar-refractivity contribution is 0.102. The molecule has 0 fully saturated rings. The lowest BCUT2D eigenvalue weighted by Crippen LogP contribution is -2.04. The highest BCUT2D eigenvalue weighted by molar-refractivity contribution is 8.00. The number of aromatic nitrogens is 5. The van der Waals surface area contributed by atoms with E-state index in [-0.39, 0.29) is 11.5 Å². The minimum absolute atomic E-state index is 0.00188. The Morgan fingerprint density at radius 3 is 2.59 bits per heavy atom. The summed E-state index contributed by atoms with van der Waals surface area (Å²) in [6, 6.07) is 14.6. The topological polar surface area (TPSA) is 82.8 Å². The summed E-state index contributed by atoms with van der Waals surface area (Å²) in [5.74, 6) is 0.949. The van der Waals surface area contributed by atoms with Gasteiger partial charge in [-0.3, -0.25) is 4.79 Å². The molecular formula is C20H16ClN5O2S. The number of fused-ring (bicyclic) bond motifs is 1. The summed E-state index contributed by atoms with van der Waals surface area (Å²) in [7, 11) is 1.59. The first-order valence-corrected chi connectivity index (χ1v) is 10.1. The highest BCUT2D eigenvalue weighted by Crippen LogP contribution is 2.24. The predicted octanol–water partition coefficient (Wildman–Crippen LogP) is 3.91. The van der Waals surface area contributed by atoms with E-state index in [9.17, 15) is 4.79 Å².